The van der Waals surface area contributed by atoms with Crippen molar-refractivity contribution in [2.45, 2.75) is 18.1 Å². The topological polar surface area (TPSA) is 36.7 Å². The summed E-state index contributed by atoms with van der Waals surface area (Å²) in [5.41, 5.74) is 2.73. The first kappa shape index (κ1) is 11.8. The second-order valence-corrected chi connectivity index (χ2v) is 6.47. The van der Waals surface area contributed by atoms with E-state index in [2.05, 4.69) is 11.4 Å². The lowest BCUT2D eigenvalue weighted by molar-refractivity contribution is 0.823. The van der Waals surface area contributed by atoms with Crippen molar-refractivity contribution in [3.63, 3.8) is 0 Å². The Morgan fingerprint density at radius 3 is 3.11 bits per heavy atom. The number of rotatable bonds is 2. The Labute approximate surface area is 115 Å². The highest BCUT2D eigenvalue weighted by Gasteiger charge is 2.20. The molecule has 0 aliphatic carbocycles. The van der Waals surface area contributed by atoms with Crippen molar-refractivity contribution >= 4 is 23.1 Å². The Morgan fingerprint density at radius 2 is 2.33 bits per heavy atom. The normalized spacial score (nSPS) is 18.7. The molecule has 2 aromatic rings. The van der Waals surface area contributed by atoms with E-state index in [1.54, 1.807) is 11.3 Å². The maximum absolute atomic E-state index is 8.92. The molecule has 0 amide bonds. The molecule has 1 aromatic heterocycles. The van der Waals surface area contributed by atoms with Crippen LogP contribution in [0.5, 0.6) is 0 Å². The molecule has 2 nitrogen and oxygen atoms in total. The molecule has 1 saturated heterocycles. The third-order valence-electron chi connectivity index (χ3n) is 3.01. The van der Waals surface area contributed by atoms with E-state index in [1.165, 1.54) is 23.6 Å². The molecule has 0 bridgehead atoms. The average Bonchev–Trinajstić information content (AvgIpc) is 3.09. The largest absolute Gasteiger partial charge is 0.240 e. The van der Waals surface area contributed by atoms with E-state index in [1.807, 2.05) is 36.0 Å². The molecule has 0 saturated carbocycles. The van der Waals surface area contributed by atoms with E-state index in [-0.39, 0.29) is 0 Å². The van der Waals surface area contributed by atoms with E-state index >= 15 is 0 Å². The number of nitriles is 1. The van der Waals surface area contributed by atoms with Crippen LogP contribution in [0.25, 0.3) is 11.3 Å². The van der Waals surface area contributed by atoms with E-state index < -0.39 is 0 Å². The fourth-order valence-electron chi connectivity index (χ4n) is 2.09. The van der Waals surface area contributed by atoms with Crippen molar-refractivity contribution in [3.05, 3.63) is 40.2 Å². The first-order chi connectivity index (χ1) is 8.86. The van der Waals surface area contributed by atoms with Crippen molar-refractivity contribution < 1.29 is 0 Å². The Balaban J connectivity index is 1.90. The van der Waals surface area contributed by atoms with Gasteiger partial charge in [0.05, 0.1) is 22.6 Å². The highest BCUT2D eigenvalue weighted by molar-refractivity contribution is 7.99. The van der Waals surface area contributed by atoms with Gasteiger partial charge in [0, 0.05) is 10.9 Å². The number of thioether (sulfide) groups is 1. The molecule has 1 atom stereocenters. The predicted octanol–water partition coefficient (Wildman–Crippen LogP) is 4.25. The van der Waals surface area contributed by atoms with Gasteiger partial charge in [-0.1, -0.05) is 12.1 Å². The van der Waals surface area contributed by atoms with Crippen molar-refractivity contribution in [2.24, 2.45) is 0 Å². The quantitative estimate of drug-likeness (QED) is 0.820. The standard InChI is InChI=1S/C14H12N2S2/c15-8-10-3-1-4-11(7-10)12-9-18-14(16-12)13-5-2-6-17-13/h1,3-4,7,9,13H,2,5-6H2. The molecule has 2 heterocycles. The molecular weight excluding hydrogens is 260 g/mol. The van der Waals surface area contributed by atoms with E-state index in [0.29, 0.717) is 10.8 Å². The van der Waals surface area contributed by atoms with Crippen LogP contribution in [-0.4, -0.2) is 10.7 Å². The first-order valence-electron chi connectivity index (χ1n) is 5.94. The van der Waals surface area contributed by atoms with Crippen LogP contribution in [0.4, 0.5) is 0 Å². The summed E-state index contributed by atoms with van der Waals surface area (Å²) in [5, 5.41) is 12.8. The summed E-state index contributed by atoms with van der Waals surface area (Å²) in [7, 11) is 0. The molecule has 4 heteroatoms. The van der Waals surface area contributed by atoms with Crippen LogP contribution in [0.1, 0.15) is 28.7 Å². The maximum Gasteiger partial charge on any atom is 0.106 e. The van der Waals surface area contributed by atoms with Gasteiger partial charge in [0.15, 0.2) is 0 Å². The summed E-state index contributed by atoms with van der Waals surface area (Å²) in [5.74, 6) is 1.25. The van der Waals surface area contributed by atoms with Crippen LogP contribution in [-0.2, 0) is 0 Å². The third-order valence-corrected chi connectivity index (χ3v) is 5.51. The van der Waals surface area contributed by atoms with Gasteiger partial charge in [-0.25, -0.2) is 4.98 Å². The van der Waals surface area contributed by atoms with Crippen LogP contribution < -0.4 is 0 Å². The van der Waals surface area contributed by atoms with Gasteiger partial charge in [-0.2, -0.15) is 17.0 Å². The lowest BCUT2D eigenvalue weighted by Gasteiger charge is -2.02. The van der Waals surface area contributed by atoms with Crippen LogP contribution in [0, 0.1) is 11.3 Å². The number of aromatic nitrogens is 1. The maximum atomic E-state index is 8.92. The summed E-state index contributed by atoms with van der Waals surface area (Å²) < 4.78 is 0. The Kier molecular flexibility index (Phi) is 3.35. The first-order valence-corrected chi connectivity index (χ1v) is 7.87. The monoisotopic (exact) mass is 272 g/mol. The molecule has 3 rings (SSSR count). The smallest absolute Gasteiger partial charge is 0.106 e. The molecule has 1 unspecified atom stereocenters. The summed E-state index contributed by atoms with van der Waals surface area (Å²) >= 11 is 3.75. The zero-order valence-corrected chi connectivity index (χ0v) is 11.4. The number of benzene rings is 1. The molecule has 0 N–H and O–H groups in total. The minimum atomic E-state index is 0.586. The number of thiazole rings is 1. The highest BCUT2D eigenvalue weighted by atomic mass is 32.2. The van der Waals surface area contributed by atoms with Crippen LogP contribution in [0.15, 0.2) is 29.6 Å². The molecule has 1 aliphatic heterocycles. The predicted molar refractivity (Wildman–Crippen MR) is 76.7 cm³/mol. The van der Waals surface area contributed by atoms with Crippen molar-refractivity contribution in [1.29, 1.82) is 5.26 Å². The van der Waals surface area contributed by atoms with Gasteiger partial charge in [0.1, 0.15) is 5.01 Å². The molecule has 90 valence electrons. The zero-order valence-electron chi connectivity index (χ0n) is 9.80. The molecule has 1 fully saturated rings. The Morgan fingerprint density at radius 1 is 1.39 bits per heavy atom. The highest BCUT2D eigenvalue weighted by Crippen LogP contribution is 2.41. The van der Waals surface area contributed by atoms with E-state index in [4.69, 9.17) is 10.2 Å². The molecule has 0 spiro atoms. The van der Waals surface area contributed by atoms with Gasteiger partial charge in [0.2, 0.25) is 0 Å². The molecular formula is C14H12N2S2. The fraction of sp³-hybridized carbons (Fsp3) is 0.286. The van der Waals surface area contributed by atoms with Crippen LogP contribution in [0.2, 0.25) is 0 Å². The van der Waals surface area contributed by atoms with Crippen molar-refractivity contribution in [3.8, 4) is 17.3 Å². The van der Waals surface area contributed by atoms with Gasteiger partial charge in [-0.15, -0.1) is 11.3 Å². The average molecular weight is 272 g/mol. The van der Waals surface area contributed by atoms with Crippen molar-refractivity contribution in [2.75, 3.05) is 5.75 Å². The minimum absolute atomic E-state index is 0.586. The zero-order chi connectivity index (χ0) is 12.4. The lowest BCUT2D eigenvalue weighted by atomic mass is 10.1. The number of hydrogen-bond donors (Lipinski definition) is 0. The number of hydrogen-bond acceptors (Lipinski definition) is 4. The lowest BCUT2D eigenvalue weighted by Crippen LogP contribution is -1.87. The summed E-state index contributed by atoms with van der Waals surface area (Å²) in [6.45, 7) is 0. The summed E-state index contributed by atoms with van der Waals surface area (Å²) in [6, 6.07) is 9.83. The molecule has 18 heavy (non-hydrogen) atoms. The fourth-order valence-corrected chi connectivity index (χ4v) is 4.45. The van der Waals surface area contributed by atoms with E-state index in [9.17, 15) is 0 Å². The second kappa shape index (κ2) is 5.13. The van der Waals surface area contributed by atoms with Gasteiger partial charge in [-0.3, -0.25) is 0 Å². The van der Waals surface area contributed by atoms with Crippen molar-refractivity contribution in [1.82, 2.24) is 4.98 Å². The van der Waals surface area contributed by atoms with Crippen LogP contribution in [0.3, 0.4) is 0 Å². The van der Waals surface area contributed by atoms with Gasteiger partial charge in [-0.05, 0) is 30.7 Å². The minimum Gasteiger partial charge on any atom is -0.240 e. The second-order valence-electron chi connectivity index (χ2n) is 4.27. The van der Waals surface area contributed by atoms with Crippen LogP contribution >= 0.6 is 23.1 Å². The van der Waals surface area contributed by atoms with Gasteiger partial charge in [0.25, 0.3) is 0 Å². The third kappa shape index (κ3) is 2.29. The number of nitrogens with zero attached hydrogens (tertiary/aromatic N) is 2. The SMILES string of the molecule is N#Cc1cccc(-c2csc(C3CCCS3)n2)c1. The Hall–Kier alpha value is -1.31. The summed E-state index contributed by atoms with van der Waals surface area (Å²) in [4.78, 5) is 4.73. The molecule has 0 radical (unpaired) electrons. The summed E-state index contributed by atoms with van der Waals surface area (Å²) in [6.07, 6.45) is 2.55. The van der Waals surface area contributed by atoms with E-state index in [0.717, 1.165) is 11.3 Å². The Bertz CT molecular complexity index is 592. The van der Waals surface area contributed by atoms with Gasteiger partial charge < -0.3 is 0 Å². The van der Waals surface area contributed by atoms with Gasteiger partial charge >= 0.3 is 0 Å². The molecule has 1 aliphatic rings. The molecule has 1 aromatic carbocycles.